The number of aliphatic carboxylic acids is 1. The van der Waals surface area contributed by atoms with Crippen LogP contribution in [0.2, 0.25) is 0 Å². The van der Waals surface area contributed by atoms with Crippen molar-refractivity contribution in [1.82, 2.24) is 0 Å². The summed E-state index contributed by atoms with van der Waals surface area (Å²) in [5, 5.41) is 12.2. The van der Waals surface area contributed by atoms with E-state index in [1.165, 1.54) is 0 Å². The van der Waals surface area contributed by atoms with E-state index in [2.05, 4.69) is 5.32 Å². The number of anilines is 1. The summed E-state index contributed by atoms with van der Waals surface area (Å²) in [6.07, 6.45) is 4.72. The van der Waals surface area contributed by atoms with Crippen molar-refractivity contribution in [2.45, 2.75) is 13.3 Å². The second kappa shape index (κ2) is 4.78. The number of fused-ring (bicyclic) bond motifs is 2. The summed E-state index contributed by atoms with van der Waals surface area (Å²) in [7, 11) is 0. The molecule has 0 radical (unpaired) electrons. The molecule has 1 aromatic rings. The predicted molar refractivity (Wildman–Crippen MR) is 75.2 cm³/mol. The first-order valence-corrected chi connectivity index (χ1v) is 6.85. The number of carboxylic acid groups (broad SMARTS) is 1. The van der Waals surface area contributed by atoms with E-state index in [-0.39, 0.29) is 17.7 Å². The molecule has 3 rings (SSSR count). The monoisotopic (exact) mass is 271 g/mol. The van der Waals surface area contributed by atoms with Gasteiger partial charge in [-0.25, -0.2) is 0 Å². The maximum absolute atomic E-state index is 12.4. The van der Waals surface area contributed by atoms with Crippen molar-refractivity contribution >= 4 is 17.6 Å². The molecule has 1 amide bonds. The Morgan fingerprint density at radius 3 is 2.55 bits per heavy atom. The van der Waals surface area contributed by atoms with Crippen molar-refractivity contribution in [3.63, 3.8) is 0 Å². The van der Waals surface area contributed by atoms with Gasteiger partial charge >= 0.3 is 5.97 Å². The number of aryl methyl sites for hydroxylation is 1. The molecule has 104 valence electrons. The number of hydrogen-bond donors (Lipinski definition) is 2. The Bertz CT molecular complexity index is 593. The summed E-state index contributed by atoms with van der Waals surface area (Å²) in [5.74, 6) is -2.03. The number of carbonyl (C=O) groups excluding carboxylic acids is 1. The third-order valence-electron chi connectivity index (χ3n) is 4.33. The first-order valence-electron chi connectivity index (χ1n) is 6.85. The molecule has 2 aliphatic rings. The van der Waals surface area contributed by atoms with E-state index in [0.717, 1.165) is 17.7 Å². The molecule has 1 saturated carbocycles. The van der Waals surface area contributed by atoms with Gasteiger partial charge in [0.25, 0.3) is 0 Å². The van der Waals surface area contributed by atoms with Crippen LogP contribution in [0.4, 0.5) is 5.69 Å². The van der Waals surface area contributed by atoms with E-state index >= 15 is 0 Å². The fourth-order valence-electron chi connectivity index (χ4n) is 3.46. The lowest BCUT2D eigenvalue weighted by molar-refractivity contribution is -0.146. The van der Waals surface area contributed by atoms with Gasteiger partial charge in [0.05, 0.1) is 11.8 Å². The summed E-state index contributed by atoms with van der Waals surface area (Å²) < 4.78 is 0. The van der Waals surface area contributed by atoms with E-state index in [0.29, 0.717) is 0 Å². The first-order chi connectivity index (χ1) is 9.56. The maximum Gasteiger partial charge on any atom is 0.307 e. The van der Waals surface area contributed by atoms with Crippen LogP contribution >= 0.6 is 0 Å². The minimum Gasteiger partial charge on any atom is -0.481 e. The third-order valence-corrected chi connectivity index (χ3v) is 4.33. The van der Waals surface area contributed by atoms with E-state index in [9.17, 15) is 14.7 Å². The Morgan fingerprint density at radius 2 is 1.90 bits per heavy atom. The number of rotatable bonds is 3. The Kier molecular flexibility index (Phi) is 3.08. The highest BCUT2D eigenvalue weighted by atomic mass is 16.4. The second-order valence-electron chi connectivity index (χ2n) is 5.70. The third kappa shape index (κ3) is 2.11. The van der Waals surface area contributed by atoms with Crippen molar-refractivity contribution in [3.8, 4) is 0 Å². The Hall–Kier alpha value is -2.10. The zero-order valence-corrected chi connectivity index (χ0v) is 11.2. The number of amides is 1. The zero-order valence-electron chi connectivity index (χ0n) is 11.2. The Labute approximate surface area is 117 Å². The van der Waals surface area contributed by atoms with Gasteiger partial charge in [-0.05, 0) is 42.9 Å². The smallest absolute Gasteiger partial charge is 0.307 e. The minimum absolute atomic E-state index is 0.00533. The average Bonchev–Trinajstić information content (AvgIpc) is 2.98. The maximum atomic E-state index is 12.4. The summed E-state index contributed by atoms with van der Waals surface area (Å²) in [4.78, 5) is 23.8. The predicted octanol–water partition coefficient (Wildman–Crippen LogP) is 2.46. The second-order valence-corrected chi connectivity index (χ2v) is 5.70. The van der Waals surface area contributed by atoms with E-state index in [4.69, 9.17) is 0 Å². The van der Waals surface area contributed by atoms with Gasteiger partial charge in [-0.2, -0.15) is 0 Å². The molecular weight excluding hydrogens is 254 g/mol. The van der Waals surface area contributed by atoms with E-state index in [1.807, 2.05) is 43.3 Å². The van der Waals surface area contributed by atoms with Crippen LogP contribution in [0.3, 0.4) is 0 Å². The molecule has 1 fully saturated rings. The lowest BCUT2D eigenvalue weighted by Gasteiger charge is -2.23. The van der Waals surface area contributed by atoms with Crippen LogP contribution in [0, 0.1) is 30.6 Å². The molecule has 0 saturated heterocycles. The van der Waals surface area contributed by atoms with E-state index in [1.54, 1.807) is 0 Å². The lowest BCUT2D eigenvalue weighted by atomic mass is 9.82. The molecule has 0 spiro atoms. The molecular formula is C16H17NO3. The van der Waals surface area contributed by atoms with Gasteiger partial charge in [0.1, 0.15) is 0 Å². The molecule has 4 heteroatoms. The SMILES string of the molecule is Cc1cccc(NC(=O)[C@@H]2[C@H](C(=O)O)[C@@H]3C=C[C@@H]2C3)c1. The number of carboxylic acids is 1. The highest BCUT2D eigenvalue weighted by Gasteiger charge is 2.51. The summed E-state index contributed by atoms with van der Waals surface area (Å²) in [5.41, 5.74) is 1.79. The highest BCUT2D eigenvalue weighted by molar-refractivity contribution is 5.96. The van der Waals surface area contributed by atoms with Gasteiger partial charge in [0, 0.05) is 5.69 Å². The number of allylic oxidation sites excluding steroid dienone is 2. The fraction of sp³-hybridized carbons (Fsp3) is 0.375. The summed E-state index contributed by atoms with van der Waals surface area (Å²) in [6.45, 7) is 1.95. The topological polar surface area (TPSA) is 66.4 Å². The minimum atomic E-state index is -0.869. The van der Waals surface area contributed by atoms with Crippen molar-refractivity contribution < 1.29 is 14.7 Å². The molecule has 0 aliphatic heterocycles. The van der Waals surface area contributed by atoms with Crippen LogP contribution in [-0.2, 0) is 9.59 Å². The van der Waals surface area contributed by atoms with Gasteiger partial charge in [-0.1, -0.05) is 24.3 Å². The van der Waals surface area contributed by atoms with E-state index < -0.39 is 17.8 Å². The molecule has 4 nitrogen and oxygen atoms in total. The van der Waals surface area contributed by atoms with Gasteiger partial charge in [0.2, 0.25) is 5.91 Å². The number of benzene rings is 1. The molecule has 2 bridgehead atoms. The molecule has 0 unspecified atom stereocenters. The fourth-order valence-corrected chi connectivity index (χ4v) is 3.46. The standard InChI is InChI=1S/C16H17NO3/c1-9-3-2-4-12(7-9)17-15(18)13-10-5-6-11(8-10)14(13)16(19)20/h2-7,10-11,13-14H,8H2,1H3,(H,17,18)(H,19,20)/t10-,11-,13+,14-/m1/s1. The molecule has 2 N–H and O–H groups in total. The van der Waals surface area contributed by atoms with Crippen molar-refractivity contribution in [3.05, 3.63) is 42.0 Å². The normalized spacial score (nSPS) is 30.4. The number of hydrogen-bond acceptors (Lipinski definition) is 2. The highest BCUT2D eigenvalue weighted by Crippen LogP contribution is 2.48. The Morgan fingerprint density at radius 1 is 1.20 bits per heavy atom. The largest absolute Gasteiger partial charge is 0.481 e. The lowest BCUT2D eigenvalue weighted by Crippen LogP contribution is -2.36. The molecule has 1 aromatic carbocycles. The van der Waals surface area contributed by atoms with Crippen LogP contribution in [0.25, 0.3) is 0 Å². The van der Waals surface area contributed by atoms with Gasteiger partial charge in [-0.3, -0.25) is 9.59 Å². The van der Waals surface area contributed by atoms with Gasteiger partial charge in [-0.15, -0.1) is 0 Å². The van der Waals surface area contributed by atoms with Crippen LogP contribution in [-0.4, -0.2) is 17.0 Å². The molecule has 0 aromatic heterocycles. The first kappa shape index (κ1) is 12.9. The summed E-state index contributed by atoms with van der Waals surface area (Å²) >= 11 is 0. The van der Waals surface area contributed by atoms with Crippen molar-refractivity contribution in [1.29, 1.82) is 0 Å². The van der Waals surface area contributed by atoms with Gasteiger partial charge in [0.15, 0.2) is 0 Å². The summed E-state index contributed by atoms with van der Waals surface area (Å²) in [6, 6.07) is 7.54. The van der Waals surface area contributed by atoms with Crippen molar-refractivity contribution in [2.24, 2.45) is 23.7 Å². The number of nitrogens with one attached hydrogen (secondary N) is 1. The Balaban J connectivity index is 1.80. The molecule has 4 atom stereocenters. The molecule has 20 heavy (non-hydrogen) atoms. The molecule has 0 heterocycles. The zero-order chi connectivity index (χ0) is 14.3. The molecule has 2 aliphatic carbocycles. The average molecular weight is 271 g/mol. The van der Waals surface area contributed by atoms with Crippen LogP contribution < -0.4 is 5.32 Å². The quantitative estimate of drug-likeness (QED) is 0.830. The van der Waals surface area contributed by atoms with Crippen molar-refractivity contribution in [2.75, 3.05) is 5.32 Å². The number of carbonyl (C=O) groups is 2. The van der Waals surface area contributed by atoms with Crippen LogP contribution in [0.1, 0.15) is 12.0 Å². The van der Waals surface area contributed by atoms with Crippen LogP contribution in [0.5, 0.6) is 0 Å². The van der Waals surface area contributed by atoms with Gasteiger partial charge < -0.3 is 10.4 Å². The van der Waals surface area contributed by atoms with Crippen LogP contribution in [0.15, 0.2) is 36.4 Å².